The van der Waals surface area contributed by atoms with E-state index in [1.165, 1.54) is 11.8 Å². The lowest BCUT2D eigenvalue weighted by Gasteiger charge is -2.10. The second-order valence-electron chi connectivity index (χ2n) is 7.28. The van der Waals surface area contributed by atoms with Gasteiger partial charge in [-0.3, -0.25) is 19.1 Å². The number of carbonyl (C=O) groups is 1. The Kier molecular flexibility index (Phi) is 6.85. The fourth-order valence-corrected chi connectivity index (χ4v) is 4.57. The second-order valence-corrected chi connectivity index (χ2v) is 9.97. The molecule has 168 valence electrons. The minimum atomic E-state index is -3.37. The lowest BCUT2D eigenvalue weighted by molar-refractivity contribution is 0.102. The van der Waals surface area contributed by atoms with Gasteiger partial charge in [0.1, 0.15) is 0 Å². The average Bonchev–Trinajstić information content (AvgIpc) is 3.20. The highest BCUT2D eigenvalue weighted by Crippen LogP contribution is 2.25. The van der Waals surface area contributed by atoms with Crippen LogP contribution in [0.1, 0.15) is 15.9 Å². The summed E-state index contributed by atoms with van der Waals surface area (Å²) in [6.07, 6.45) is 4.49. The molecule has 10 heteroatoms. The molecule has 0 amide bonds. The van der Waals surface area contributed by atoms with Crippen molar-refractivity contribution in [3.63, 3.8) is 0 Å². The van der Waals surface area contributed by atoms with E-state index >= 15 is 0 Å². The summed E-state index contributed by atoms with van der Waals surface area (Å²) < 4.78 is 27.1. The summed E-state index contributed by atoms with van der Waals surface area (Å²) >= 11 is 1.31. The molecule has 0 radical (unpaired) electrons. The molecule has 2 aromatic heterocycles. The van der Waals surface area contributed by atoms with Crippen molar-refractivity contribution >= 4 is 33.3 Å². The molecule has 0 aliphatic rings. The lowest BCUT2D eigenvalue weighted by atomic mass is 10.1. The molecule has 0 spiro atoms. The van der Waals surface area contributed by atoms with Gasteiger partial charge >= 0.3 is 0 Å². The first-order valence-corrected chi connectivity index (χ1v) is 12.9. The molecule has 0 aliphatic heterocycles. The first-order chi connectivity index (χ1) is 15.9. The Balaban J connectivity index is 1.53. The number of benzene rings is 2. The maximum Gasteiger partial charge on any atom is 0.229 e. The second kappa shape index (κ2) is 9.97. The maximum atomic E-state index is 12.7. The number of rotatable bonds is 9. The van der Waals surface area contributed by atoms with Gasteiger partial charge in [0, 0.05) is 29.2 Å². The molecule has 0 aliphatic carbocycles. The summed E-state index contributed by atoms with van der Waals surface area (Å²) in [6.45, 7) is 0.563. The fourth-order valence-electron chi connectivity index (χ4n) is 3.17. The average molecular weight is 480 g/mol. The summed E-state index contributed by atoms with van der Waals surface area (Å²) in [4.78, 5) is 16.8. The van der Waals surface area contributed by atoms with Crippen LogP contribution in [0.4, 0.5) is 5.69 Å². The molecule has 1 N–H and O–H groups in total. The summed E-state index contributed by atoms with van der Waals surface area (Å²) in [5.74, 6) is 0.778. The van der Waals surface area contributed by atoms with Gasteiger partial charge in [0.25, 0.3) is 0 Å². The molecule has 8 nitrogen and oxygen atoms in total. The Labute approximate surface area is 196 Å². The Morgan fingerprint density at radius 1 is 0.970 bits per heavy atom. The molecule has 4 aromatic rings. The quantitative estimate of drug-likeness (QED) is 0.288. The number of hydrogen-bond donors (Lipinski definition) is 1. The number of hydrogen-bond acceptors (Lipinski definition) is 7. The van der Waals surface area contributed by atoms with Gasteiger partial charge in [0.15, 0.2) is 16.8 Å². The van der Waals surface area contributed by atoms with Crippen molar-refractivity contribution in [1.29, 1.82) is 0 Å². The smallest absolute Gasteiger partial charge is 0.229 e. The number of Topliss-reactive ketones (excluding diaryl/α,β-unsaturated/α-hetero) is 1. The van der Waals surface area contributed by atoms with Crippen LogP contribution in [0.5, 0.6) is 0 Å². The molecule has 0 bridgehead atoms. The normalized spacial score (nSPS) is 11.3. The number of ketones is 1. The number of nitrogens with zero attached hydrogens (tertiary/aromatic N) is 4. The minimum absolute atomic E-state index is 0.0920. The number of sulfonamides is 1. The Morgan fingerprint density at radius 2 is 1.67 bits per heavy atom. The van der Waals surface area contributed by atoms with Gasteiger partial charge in [-0.25, -0.2) is 8.42 Å². The summed E-state index contributed by atoms with van der Waals surface area (Å²) in [5.41, 5.74) is 2.88. The highest BCUT2D eigenvalue weighted by Gasteiger charge is 2.17. The summed E-state index contributed by atoms with van der Waals surface area (Å²) in [6, 6.07) is 20.1. The topological polar surface area (TPSA) is 107 Å². The Morgan fingerprint density at radius 3 is 2.33 bits per heavy atom. The predicted molar refractivity (Wildman–Crippen MR) is 129 cm³/mol. The molecule has 2 aromatic carbocycles. The number of aromatic nitrogens is 4. The molecule has 33 heavy (non-hydrogen) atoms. The third-order valence-corrected chi connectivity index (χ3v) is 6.25. The van der Waals surface area contributed by atoms with Gasteiger partial charge in [0.05, 0.1) is 18.6 Å². The van der Waals surface area contributed by atoms with E-state index in [9.17, 15) is 13.2 Å². The number of pyridine rings is 1. The van der Waals surface area contributed by atoms with Gasteiger partial charge < -0.3 is 0 Å². The zero-order valence-electron chi connectivity index (χ0n) is 17.7. The molecule has 0 fully saturated rings. The van der Waals surface area contributed by atoms with Gasteiger partial charge in [-0.15, -0.1) is 10.2 Å². The molecule has 0 saturated carbocycles. The Bertz CT molecular complexity index is 1340. The van der Waals surface area contributed by atoms with Gasteiger partial charge in [-0.2, -0.15) is 0 Å². The Hall–Kier alpha value is -3.50. The van der Waals surface area contributed by atoms with Crippen molar-refractivity contribution < 1.29 is 13.2 Å². The van der Waals surface area contributed by atoms with Gasteiger partial charge in [-0.1, -0.05) is 42.1 Å². The van der Waals surface area contributed by atoms with E-state index < -0.39 is 10.0 Å². The fraction of sp³-hybridized carbons (Fsp3) is 0.130. The molecular formula is C23H21N5O3S2. The van der Waals surface area contributed by atoms with Crippen LogP contribution in [0.3, 0.4) is 0 Å². The maximum absolute atomic E-state index is 12.7. The van der Waals surface area contributed by atoms with Crippen LogP contribution < -0.4 is 4.72 Å². The molecule has 2 heterocycles. The van der Waals surface area contributed by atoms with Gasteiger partial charge in [0.2, 0.25) is 10.0 Å². The number of nitrogens with one attached hydrogen (secondary N) is 1. The molecular weight excluding hydrogens is 458 g/mol. The lowest BCUT2D eigenvalue weighted by Crippen LogP contribution is -2.10. The minimum Gasteiger partial charge on any atom is -0.298 e. The van der Waals surface area contributed by atoms with Crippen molar-refractivity contribution in [2.45, 2.75) is 11.7 Å². The largest absolute Gasteiger partial charge is 0.298 e. The van der Waals surface area contributed by atoms with Crippen molar-refractivity contribution in [1.82, 2.24) is 19.7 Å². The van der Waals surface area contributed by atoms with Crippen LogP contribution in [0.2, 0.25) is 0 Å². The standard InChI is InChI=1S/C23H21N5O3S2/c1-33(30,31)27-20-9-7-18(8-10-20)21(29)16-32-23-26-25-22(19-11-13-24-14-12-19)28(23)15-17-5-3-2-4-6-17/h2-14,27H,15-16H2,1H3. The van der Waals surface area contributed by atoms with Crippen LogP contribution in [0.15, 0.2) is 84.3 Å². The summed E-state index contributed by atoms with van der Waals surface area (Å²) in [7, 11) is -3.37. The third kappa shape index (κ3) is 6.05. The van der Waals surface area contributed by atoms with E-state index in [0.29, 0.717) is 28.8 Å². The SMILES string of the molecule is CS(=O)(=O)Nc1ccc(C(=O)CSc2nnc(-c3ccncc3)n2Cc2ccccc2)cc1. The first-order valence-electron chi connectivity index (χ1n) is 10.0. The molecule has 4 rings (SSSR count). The van der Waals surface area contributed by atoms with E-state index in [1.54, 1.807) is 36.7 Å². The number of carbonyl (C=O) groups excluding carboxylic acids is 1. The van der Waals surface area contributed by atoms with Crippen molar-refractivity contribution in [3.05, 3.63) is 90.3 Å². The predicted octanol–water partition coefficient (Wildman–Crippen LogP) is 3.73. The van der Waals surface area contributed by atoms with E-state index in [2.05, 4.69) is 19.9 Å². The number of anilines is 1. The van der Waals surface area contributed by atoms with E-state index in [4.69, 9.17) is 0 Å². The third-order valence-electron chi connectivity index (χ3n) is 4.68. The van der Waals surface area contributed by atoms with Crippen LogP contribution in [-0.2, 0) is 16.6 Å². The highest BCUT2D eigenvalue weighted by atomic mass is 32.2. The van der Waals surface area contributed by atoms with Crippen molar-refractivity contribution in [2.75, 3.05) is 16.7 Å². The highest BCUT2D eigenvalue weighted by molar-refractivity contribution is 7.99. The van der Waals surface area contributed by atoms with E-state index in [0.717, 1.165) is 17.4 Å². The number of thioether (sulfide) groups is 1. The molecule has 0 unspecified atom stereocenters. The zero-order chi connectivity index (χ0) is 23.3. The van der Waals surface area contributed by atoms with E-state index in [-0.39, 0.29) is 11.5 Å². The van der Waals surface area contributed by atoms with Crippen LogP contribution in [0, 0.1) is 0 Å². The van der Waals surface area contributed by atoms with Crippen LogP contribution >= 0.6 is 11.8 Å². The molecule has 0 saturated heterocycles. The van der Waals surface area contributed by atoms with Crippen LogP contribution in [0.25, 0.3) is 11.4 Å². The van der Waals surface area contributed by atoms with Crippen molar-refractivity contribution in [2.24, 2.45) is 0 Å². The molecule has 0 atom stereocenters. The monoisotopic (exact) mass is 479 g/mol. The van der Waals surface area contributed by atoms with Gasteiger partial charge in [-0.05, 0) is 42.0 Å². The first kappa shape index (κ1) is 22.7. The zero-order valence-corrected chi connectivity index (χ0v) is 19.4. The van der Waals surface area contributed by atoms with Crippen molar-refractivity contribution in [3.8, 4) is 11.4 Å². The van der Waals surface area contributed by atoms with Crippen LogP contribution in [-0.4, -0.2) is 46.0 Å². The van der Waals surface area contributed by atoms with E-state index in [1.807, 2.05) is 47.0 Å². The summed E-state index contributed by atoms with van der Waals surface area (Å²) in [5, 5.41) is 9.34.